The van der Waals surface area contributed by atoms with Crippen LogP contribution in [0.15, 0.2) is 18.2 Å². The van der Waals surface area contributed by atoms with Crippen LogP contribution in [0.5, 0.6) is 11.6 Å². The Morgan fingerprint density at radius 3 is 2.67 bits per heavy atom. The minimum Gasteiger partial charge on any atom is -0.492 e. The molecule has 3 aliphatic rings. The number of aromatic nitrogens is 2. The number of likely N-dealkylation sites (tertiary alicyclic amines) is 1. The number of amides is 2. The van der Waals surface area contributed by atoms with Gasteiger partial charge in [-0.3, -0.25) is 9.59 Å². The number of nitrogens with zero attached hydrogens (tertiary/aromatic N) is 3. The molecule has 1 aromatic heterocycles. The van der Waals surface area contributed by atoms with Crippen LogP contribution in [0.2, 0.25) is 0 Å². The molecule has 42 heavy (non-hydrogen) atoms. The van der Waals surface area contributed by atoms with Gasteiger partial charge in [0.25, 0.3) is 0 Å². The van der Waals surface area contributed by atoms with Gasteiger partial charge in [0.1, 0.15) is 23.6 Å². The molecule has 1 saturated heterocycles. The van der Waals surface area contributed by atoms with Crippen LogP contribution in [-0.2, 0) is 20.7 Å². The van der Waals surface area contributed by atoms with E-state index < -0.39 is 17.7 Å². The Kier molecular flexibility index (Phi) is 9.18. The van der Waals surface area contributed by atoms with Crippen molar-refractivity contribution in [2.24, 2.45) is 11.8 Å². The van der Waals surface area contributed by atoms with E-state index in [1.807, 2.05) is 32.0 Å². The fourth-order valence-corrected chi connectivity index (χ4v) is 6.68. The summed E-state index contributed by atoms with van der Waals surface area (Å²) < 4.78 is 11.7. The zero-order valence-electron chi connectivity index (χ0n) is 25.1. The zero-order chi connectivity index (χ0) is 29.9. The lowest BCUT2D eigenvalue weighted by Crippen LogP contribution is -2.47. The highest BCUT2D eigenvalue weighted by atomic mass is 16.6. The molecule has 2 N–H and O–H groups in total. The van der Waals surface area contributed by atoms with Gasteiger partial charge in [-0.05, 0) is 95.6 Å². The van der Waals surface area contributed by atoms with Crippen molar-refractivity contribution in [2.45, 2.75) is 109 Å². The lowest BCUT2D eigenvalue weighted by atomic mass is 9.87. The number of hydrogen-bond donors (Lipinski definition) is 2. The zero-order valence-corrected chi connectivity index (χ0v) is 25.1. The van der Waals surface area contributed by atoms with E-state index >= 15 is 0 Å². The van der Waals surface area contributed by atoms with Gasteiger partial charge in [-0.1, -0.05) is 19.8 Å². The van der Waals surface area contributed by atoms with Gasteiger partial charge in [-0.15, -0.1) is 0 Å². The summed E-state index contributed by atoms with van der Waals surface area (Å²) in [4.78, 5) is 47.9. The highest BCUT2D eigenvalue weighted by molar-refractivity contribution is 5.90. The summed E-state index contributed by atoms with van der Waals surface area (Å²) in [6.07, 6.45) is 9.86. The number of ketones is 1. The third kappa shape index (κ3) is 7.13. The van der Waals surface area contributed by atoms with Gasteiger partial charge in [0.2, 0.25) is 11.8 Å². The first-order valence-corrected chi connectivity index (χ1v) is 15.6. The number of fused-ring (bicyclic) bond motifs is 1. The predicted octanol–water partition coefficient (Wildman–Crippen LogP) is 5.09. The predicted molar refractivity (Wildman–Crippen MR) is 157 cm³/mol. The van der Waals surface area contributed by atoms with E-state index in [4.69, 9.17) is 9.47 Å². The lowest BCUT2D eigenvalue weighted by Gasteiger charge is -2.32. The average Bonchev–Trinajstić information content (AvgIpc) is 3.56. The Hall–Kier alpha value is -3.43. The van der Waals surface area contributed by atoms with Crippen LogP contribution in [0.3, 0.4) is 0 Å². The molecule has 5 rings (SSSR count). The highest BCUT2D eigenvalue weighted by Crippen LogP contribution is 2.41. The fraction of sp³-hybridized carbons (Fsp3) is 0.656. The first-order chi connectivity index (χ1) is 20.1. The van der Waals surface area contributed by atoms with Crippen molar-refractivity contribution in [3.63, 3.8) is 0 Å². The monoisotopic (exact) mass is 580 g/mol. The van der Waals surface area contributed by atoms with Crippen LogP contribution in [0.25, 0.3) is 11.0 Å². The molecule has 1 aliphatic heterocycles. The van der Waals surface area contributed by atoms with Crippen molar-refractivity contribution in [1.29, 1.82) is 0 Å². The molecule has 2 aromatic rings. The summed E-state index contributed by atoms with van der Waals surface area (Å²) in [5, 5.41) is 13.1. The number of alkyl carbamates (subject to hydrolysis) is 1. The lowest BCUT2D eigenvalue weighted by molar-refractivity contribution is -0.136. The number of aromatic hydroxyl groups is 1. The topological polar surface area (TPSA) is 131 Å². The smallest absolute Gasteiger partial charge is 0.408 e. The maximum Gasteiger partial charge on any atom is 0.408 e. The molecule has 228 valence electrons. The summed E-state index contributed by atoms with van der Waals surface area (Å²) in [6.45, 7) is 5.84. The minimum absolute atomic E-state index is 0.0211. The summed E-state index contributed by atoms with van der Waals surface area (Å²) in [5.41, 5.74) is 1.42. The molecule has 0 bridgehead atoms. The molecule has 1 unspecified atom stereocenters. The first-order valence-electron chi connectivity index (χ1n) is 15.6. The number of benzene rings is 1. The maximum atomic E-state index is 12.7. The molecule has 2 heterocycles. The Labute approximate surface area is 247 Å². The van der Waals surface area contributed by atoms with Gasteiger partial charge < -0.3 is 24.8 Å². The van der Waals surface area contributed by atoms with E-state index in [1.54, 1.807) is 4.90 Å². The molecule has 0 spiro atoms. The molecule has 2 aliphatic carbocycles. The van der Waals surface area contributed by atoms with Crippen molar-refractivity contribution in [3.05, 3.63) is 23.9 Å². The normalized spacial score (nSPS) is 25.5. The summed E-state index contributed by atoms with van der Waals surface area (Å²) in [6, 6.07) is 5.23. The van der Waals surface area contributed by atoms with Crippen molar-refractivity contribution >= 4 is 28.8 Å². The molecule has 2 amide bonds. The third-order valence-corrected chi connectivity index (χ3v) is 9.22. The number of unbranched alkanes of at least 4 members (excludes halogenated alkanes) is 2. The SMILES string of the molecule is CC(=O)[C@@H]1[C@H](C)CCN1C(=O)CNC(=O)OC1(C)CCC[C@H]1CCCCCc1nc2ccc(OC3CC3)cc2nc1O. The largest absolute Gasteiger partial charge is 0.492 e. The van der Waals surface area contributed by atoms with Gasteiger partial charge in [-0.2, -0.15) is 0 Å². The maximum absolute atomic E-state index is 12.7. The quantitative estimate of drug-likeness (QED) is 0.332. The van der Waals surface area contributed by atoms with Crippen molar-refractivity contribution < 1.29 is 29.0 Å². The summed E-state index contributed by atoms with van der Waals surface area (Å²) in [5.74, 6) is 0.846. The molecule has 1 aromatic carbocycles. The molecule has 10 nitrogen and oxygen atoms in total. The van der Waals surface area contributed by atoms with Crippen LogP contribution in [0.1, 0.15) is 90.7 Å². The van der Waals surface area contributed by atoms with Crippen molar-refractivity contribution in [3.8, 4) is 11.6 Å². The van der Waals surface area contributed by atoms with Crippen LogP contribution < -0.4 is 10.1 Å². The van der Waals surface area contributed by atoms with E-state index in [-0.39, 0.29) is 36.0 Å². The van der Waals surface area contributed by atoms with Crippen molar-refractivity contribution in [2.75, 3.05) is 13.1 Å². The second kappa shape index (κ2) is 12.8. The van der Waals surface area contributed by atoms with Gasteiger partial charge in [-0.25, -0.2) is 14.8 Å². The molecular weight excluding hydrogens is 536 g/mol. The summed E-state index contributed by atoms with van der Waals surface area (Å²) in [7, 11) is 0. The van der Waals surface area contributed by atoms with Gasteiger partial charge in [0.05, 0.1) is 23.2 Å². The molecule has 2 saturated carbocycles. The number of hydrogen-bond acceptors (Lipinski definition) is 8. The average molecular weight is 581 g/mol. The van der Waals surface area contributed by atoms with Crippen LogP contribution in [0, 0.1) is 11.8 Å². The first kappa shape index (κ1) is 30.0. The molecule has 10 heteroatoms. The van der Waals surface area contributed by atoms with E-state index in [1.165, 1.54) is 6.92 Å². The van der Waals surface area contributed by atoms with E-state index in [0.29, 0.717) is 30.3 Å². The second-order valence-corrected chi connectivity index (χ2v) is 12.6. The number of rotatable bonds is 12. The van der Waals surface area contributed by atoms with Crippen molar-refractivity contribution in [1.82, 2.24) is 20.2 Å². The number of Topliss-reactive ketones (excluding diaryl/α,β-unsaturated/α-hetero) is 1. The fourth-order valence-electron chi connectivity index (χ4n) is 6.68. The third-order valence-electron chi connectivity index (χ3n) is 9.22. The van der Waals surface area contributed by atoms with Gasteiger partial charge in [0.15, 0.2) is 5.78 Å². The molecule has 0 radical (unpaired) electrons. The molecular formula is C32H44N4O6. The van der Waals surface area contributed by atoms with Gasteiger partial charge in [0, 0.05) is 12.6 Å². The number of carbonyl (C=O) groups excluding carboxylic acids is 3. The second-order valence-electron chi connectivity index (χ2n) is 12.6. The Morgan fingerprint density at radius 2 is 1.90 bits per heavy atom. The number of ether oxygens (including phenoxy) is 2. The molecule has 4 atom stereocenters. The Balaban J connectivity index is 1.04. The van der Waals surface area contributed by atoms with E-state index in [9.17, 15) is 19.5 Å². The Bertz CT molecular complexity index is 1310. The van der Waals surface area contributed by atoms with Gasteiger partial charge >= 0.3 is 6.09 Å². The minimum atomic E-state index is -0.582. The summed E-state index contributed by atoms with van der Waals surface area (Å²) >= 11 is 0. The number of nitrogens with one attached hydrogen (secondary N) is 1. The highest BCUT2D eigenvalue weighted by Gasteiger charge is 2.42. The standard InChI is InChI=1S/C32H44N4O6/c1-20-15-17-36(29(20)21(2)37)28(38)19-33-31(40)42-32(3)16-7-9-22(32)8-5-4-6-10-26-30(39)35-27-18-24(41-23-11-12-23)13-14-25(27)34-26/h13-14,18,20,22-23,29H,4-12,15-17,19H2,1-3H3,(H,33,40)(H,35,39)/t20-,22-,29+,32?/m1/s1. The Morgan fingerprint density at radius 1 is 1.10 bits per heavy atom. The number of carbonyl (C=O) groups is 3. The van der Waals surface area contributed by atoms with Crippen LogP contribution in [0.4, 0.5) is 4.79 Å². The van der Waals surface area contributed by atoms with Crippen LogP contribution >= 0.6 is 0 Å². The van der Waals surface area contributed by atoms with E-state index in [2.05, 4.69) is 15.3 Å². The molecule has 3 fully saturated rings. The van der Waals surface area contributed by atoms with Crippen LogP contribution in [-0.4, -0.2) is 68.6 Å². The van der Waals surface area contributed by atoms with E-state index in [0.717, 1.165) is 75.5 Å². The number of aryl methyl sites for hydroxylation is 1.